The summed E-state index contributed by atoms with van der Waals surface area (Å²) in [5, 5.41) is 0. The second-order valence-corrected chi connectivity index (χ2v) is 3.74. The van der Waals surface area contributed by atoms with E-state index in [1.165, 1.54) is 18.3 Å². The zero-order valence-electron chi connectivity index (χ0n) is 10.4. The first-order valence-electron chi connectivity index (χ1n) is 5.50. The summed E-state index contributed by atoms with van der Waals surface area (Å²) >= 11 is 0. The average molecular weight is 239 g/mol. The van der Waals surface area contributed by atoms with Gasteiger partial charge in [0, 0.05) is 12.1 Å². The standard InChI is InChI=1S/C12H17NO4/c1-4-6-13(8-10(14)16-3)12(15)11-9(2)5-7-17-11/h5,7H,4,6,8H2,1-3H3. The number of carbonyl (C=O) groups is 2. The molecule has 0 bridgehead atoms. The molecule has 0 atom stereocenters. The number of esters is 1. The van der Waals surface area contributed by atoms with Crippen LogP contribution >= 0.6 is 0 Å². The second kappa shape index (κ2) is 6.08. The summed E-state index contributed by atoms with van der Waals surface area (Å²) in [6.07, 6.45) is 2.23. The molecule has 0 saturated carbocycles. The van der Waals surface area contributed by atoms with Crippen LogP contribution < -0.4 is 0 Å². The molecule has 1 amide bonds. The van der Waals surface area contributed by atoms with Crippen LogP contribution in [0.1, 0.15) is 29.5 Å². The van der Waals surface area contributed by atoms with E-state index in [2.05, 4.69) is 4.74 Å². The van der Waals surface area contributed by atoms with Gasteiger partial charge in [-0.2, -0.15) is 0 Å². The summed E-state index contributed by atoms with van der Waals surface area (Å²) in [5.41, 5.74) is 0.765. The second-order valence-electron chi connectivity index (χ2n) is 3.74. The lowest BCUT2D eigenvalue weighted by Gasteiger charge is -2.19. The highest BCUT2D eigenvalue weighted by atomic mass is 16.5. The van der Waals surface area contributed by atoms with Crippen molar-refractivity contribution in [2.75, 3.05) is 20.2 Å². The van der Waals surface area contributed by atoms with E-state index in [4.69, 9.17) is 4.42 Å². The van der Waals surface area contributed by atoms with Crippen LogP contribution in [0.25, 0.3) is 0 Å². The molecule has 0 aromatic carbocycles. The van der Waals surface area contributed by atoms with Gasteiger partial charge in [-0.3, -0.25) is 9.59 Å². The number of hydrogen-bond acceptors (Lipinski definition) is 4. The van der Waals surface area contributed by atoms with Crippen LogP contribution in [0.3, 0.4) is 0 Å². The highest BCUT2D eigenvalue weighted by Gasteiger charge is 2.22. The maximum absolute atomic E-state index is 12.1. The minimum absolute atomic E-state index is 0.0523. The lowest BCUT2D eigenvalue weighted by Crippen LogP contribution is -2.36. The normalized spacial score (nSPS) is 10.1. The molecule has 94 valence electrons. The largest absolute Gasteiger partial charge is 0.468 e. The van der Waals surface area contributed by atoms with E-state index in [1.54, 1.807) is 13.0 Å². The minimum atomic E-state index is -0.434. The van der Waals surface area contributed by atoms with Crippen LogP contribution in [-0.2, 0) is 9.53 Å². The van der Waals surface area contributed by atoms with Gasteiger partial charge in [0.15, 0.2) is 5.76 Å². The van der Waals surface area contributed by atoms with Crippen LogP contribution in [0, 0.1) is 6.92 Å². The van der Waals surface area contributed by atoms with Gasteiger partial charge in [-0.15, -0.1) is 0 Å². The van der Waals surface area contributed by atoms with Crippen molar-refractivity contribution in [2.45, 2.75) is 20.3 Å². The molecule has 1 heterocycles. The third-order valence-corrected chi connectivity index (χ3v) is 2.38. The number of amides is 1. The van der Waals surface area contributed by atoms with Crippen LogP contribution in [0.5, 0.6) is 0 Å². The van der Waals surface area contributed by atoms with Crippen LogP contribution in [0.15, 0.2) is 16.7 Å². The van der Waals surface area contributed by atoms with E-state index in [0.717, 1.165) is 12.0 Å². The Labute approximate surface area is 100 Å². The van der Waals surface area contributed by atoms with Gasteiger partial charge in [0.25, 0.3) is 5.91 Å². The zero-order valence-corrected chi connectivity index (χ0v) is 10.4. The van der Waals surface area contributed by atoms with Crippen molar-refractivity contribution >= 4 is 11.9 Å². The number of furan rings is 1. The topological polar surface area (TPSA) is 59.8 Å². The lowest BCUT2D eigenvalue weighted by molar-refractivity contribution is -0.141. The van der Waals surface area contributed by atoms with Gasteiger partial charge < -0.3 is 14.1 Å². The smallest absolute Gasteiger partial charge is 0.325 e. The molecule has 0 aliphatic heterocycles. The van der Waals surface area contributed by atoms with E-state index in [0.29, 0.717) is 6.54 Å². The molecule has 1 rings (SSSR count). The Hall–Kier alpha value is -1.78. The molecule has 0 saturated heterocycles. The van der Waals surface area contributed by atoms with Crippen molar-refractivity contribution in [1.29, 1.82) is 0 Å². The first-order valence-corrected chi connectivity index (χ1v) is 5.50. The average Bonchev–Trinajstić information content (AvgIpc) is 2.73. The van der Waals surface area contributed by atoms with Crippen LogP contribution in [0.4, 0.5) is 0 Å². The molecule has 17 heavy (non-hydrogen) atoms. The van der Waals surface area contributed by atoms with Gasteiger partial charge in [-0.25, -0.2) is 0 Å². The van der Waals surface area contributed by atoms with Crippen molar-refractivity contribution in [3.63, 3.8) is 0 Å². The van der Waals surface area contributed by atoms with Gasteiger partial charge in [-0.1, -0.05) is 6.92 Å². The van der Waals surface area contributed by atoms with Crippen LogP contribution in [0.2, 0.25) is 0 Å². The SMILES string of the molecule is CCCN(CC(=O)OC)C(=O)c1occc1C. The minimum Gasteiger partial charge on any atom is -0.468 e. The predicted octanol–water partition coefficient (Wildman–Crippen LogP) is 1.61. The summed E-state index contributed by atoms with van der Waals surface area (Å²) in [7, 11) is 1.30. The molecule has 1 aromatic rings. The van der Waals surface area contributed by atoms with E-state index >= 15 is 0 Å². The fourth-order valence-corrected chi connectivity index (χ4v) is 1.48. The molecule has 0 aliphatic rings. The van der Waals surface area contributed by atoms with E-state index in [1.807, 2.05) is 6.92 Å². The Morgan fingerprint density at radius 2 is 2.18 bits per heavy atom. The van der Waals surface area contributed by atoms with Gasteiger partial charge in [0.1, 0.15) is 6.54 Å². The molecule has 0 radical (unpaired) electrons. The Morgan fingerprint density at radius 3 is 2.65 bits per heavy atom. The molecular formula is C12H17NO4. The highest BCUT2D eigenvalue weighted by molar-refractivity contribution is 5.94. The molecule has 0 N–H and O–H groups in total. The number of aryl methyl sites for hydroxylation is 1. The molecule has 5 nitrogen and oxygen atoms in total. The maximum atomic E-state index is 12.1. The van der Waals surface area contributed by atoms with Gasteiger partial charge in [-0.05, 0) is 19.4 Å². The number of carbonyl (C=O) groups excluding carboxylic acids is 2. The van der Waals surface area contributed by atoms with Gasteiger partial charge in [0.2, 0.25) is 0 Å². The van der Waals surface area contributed by atoms with Crippen molar-refractivity contribution in [3.05, 3.63) is 23.7 Å². The van der Waals surface area contributed by atoms with Crippen molar-refractivity contribution in [2.24, 2.45) is 0 Å². The molecular weight excluding hydrogens is 222 g/mol. The molecule has 0 unspecified atom stereocenters. The highest BCUT2D eigenvalue weighted by Crippen LogP contribution is 2.12. The summed E-state index contributed by atoms with van der Waals surface area (Å²) in [4.78, 5) is 24.7. The number of methoxy groups -OCH3 is 1. The third-order valence-electron chi connectivity index (χ3n) is 2.38. The first-order chi connectivity index (χ1) is 8.10. The fourth-order valence-electron chi connectivity index (χ4n) is 1.48. The predicted molar refractivity (Wildman–Crippen MR) is 61.7 cm³/mol. The summed E-state index contributed by atoms with van der Waals surface area (Å²) in [5.74, 6) is -0.432. The summed E-state index contributed by atoms with van der Waals surface area (Å²) in [6, 6.07) is 1.72. The molecule has 0 spiro atoms. The van der Waals surface area contributed by atoms with Crippen molar-refractivity contribution in [1.82, 2.24) is 4.90 Å². The first kappa shape index (κ1) is 13.3. The number of rotatable bonds is 5. The molecule has 0 aliphatic carbocycles. The van der Waals surface area contributed by atoms with Gasteiger partial charge >= 0.3 is 5.97 Å². The molecule has 0 fully saturated rings. The summed E-state index contributed by atoms with van der Waals surface area (Å²) in [6.45, 7) is 4.17. The Balaban J connectivity index is 2.80. The molecule has 1 aromatic heterocycles. The fraction of sp³-hybridized carbons (Fsp3) is 0.500. The zero-order chi connectivity index (χ0) is 12.8. The Morgan fingerprint density at radius 1 is 1.47 bits per heavy atom. The monoisotopic (exact) mass is 239 g/mol. The Kier molecular flexibility index (Phi) is 4.75. The molecule has 5 heteroatoms. The Bertz CT molecular complexity index is 397. The number of ether oxygens (including phenoxy) is 1. The van der Waals surface area contributed by atoms with E-state index in [-0.39, 0.29) is 18.2 Å². The quantitative estimate of drug-likeness (QED) is 0.732. The summed E-state index contributed by atoms with van der Waals surface area (Å²) < 4.78 is 9.69. The number of hydrogen-bond donors (Lipinski definition) is 0. The number of nitrogens with zero attached hydrogens (tertiary/aromatic N) is 1. The van der Waals surface area contributed by atoms with Gasteiger partial charge in [0.05, 0.1) is 13.4 Å². The van der Waals surface area contributed by atoms with Crippen molar-refractivity contribution in [3.8, 4) is 0 Å². The third kappa shape index (κ3) is 3.34. The van der Waals surface area contributed by atoms with E-state index in [9.17, 15) is 9.59 Å². The van der Waals surface area contributed by atoms with Crippen LogP contribution in [-0.4, -0.2) is 37.0 Å². The maximum Gasteiger partial charge on any atom is 0.325 e. The lowest BCUT2D eigenvalue weighted by atomic mass is 10.2. The van der Waals surface area contributed by atoms with Crippen molar-refractivity contribution < 1.29 is 18.7 Å². The van der Waals surface area contributed by atoms with E-state index < -0.39 is 5.97 Å².